The van der Waals surface area contributed by atoms with E-state index in [0.717, 1.165) is 22.1 Å². The fourth-order valence-corrected chi connectivity index (χ4v) is 1.20. The highest BCUT2D eigenvalue weighted by Gasteiger charge is 1.97. The van der Waals surface area contributed by atoms with Crippen molar-refractivity contribution in [3.8, 4) is 0 Å². The highest BCUT2D eigenvalue weighted by Crippen LogP contribution is 2.17. The third kappa shape index (κ3) is 2.63. The average Bonchev–Trinajstić information content (AvgIpc) is 2.07. The van der Waals surface area contributed by atoms with Gasteiger partial charge in [-0.15, -0.1) is 12.6 Å². The SMILES string of the molecule is Cc1c(S)cccc1/C=C/C(=O)O. The fourth-order valence-electron chi connectivity index (χ4n) is 0.982. The van der Waals surface area contributed by atoms with Crippen molar-refractivity contribution in [2.24, 2.45) is 0 Å². The zero-order valence-corrected chi connectivity index (χ0v) is 8.08. The second-order valence-electron chi connectivity index (χ2n) is 2.66. The molecule has 1 aromatic carbocycles. The quantitative estimate of drug-likeness (QED) is 0.560. The highest BCUT2D eigenvalue weighted by molar-refractivity contribution is 7.80. The fraction of sp³-hybridized carbons (Fsp3) is 0.100. The van der Waals surface area contributed by atoms with Gasteiger partial charge in [-0.2, -0.15) is 0 Å². The summed E-state index contributed by atoms with van der Waals surface area (Å²) in [5.41, 5.74) is 1.87. The van der Waals surface area contributed by atoms with Gasteiger partial charge in [0.05, 0.1) is 0 Å². The molecule has 13 heavy (non-hydrogen) atoms. The Morgan fingerprint density at radius 1 is 1.54 bits per heavy atom. The van der Waals surface area contributed by atoms with Crippen LogP contribution in [0.3, 0.4) is 0 Å². The maximum absolute atomic E-state index is 10.3. The summed E-state index contributed by atoms with van der Waals surface area (Å²) in [4.78, 5) is 11.1. The van der Waals surface area contributed by atoms with E-state index in [1.807, 2.05) is 25.1 Å². The predicted molar refractivity (Wildman–Crippen MR) is 55.1 cm³/mol. The van der Waals surface area contributed by atoms with Crippen molar-refractivity contribution in [2.75, 3.05) is 0 Å². The number of hydrogen-bond donors (Lipinski definition) is 2. The van der Waals surface area contributed by atoms with E-state index in [1.165, 1.54) is 0 Å². The molecule has 0 bridgehead atoms. The third-order valence-corrected chi connectivity index (χ3v) is 2.24. The van der Waals surface area contributed by atoms with E-state index in [-0.39, 0.29) is 0 Å². The van der Waals surface area contributed by atoms with E-state index in [9.17, 15) is 4.79 Å². The van der Waals surface area contributed by atoms with Gasteiger partial charge in [0.15, 0.2) is 0 Å². The standard InChI is InChI=1S/C10H10O2S/c1-7-8(5-6-10(11)12)3-2-4-9(7)13/h2-6,13H,1H3,(H,11,12)/b6-5+. The van der Waals surface area contributed by atoms with Crippen molar-refractivity contribution < 1.29 is 9.90 Å². The summed E-state index contributed by atoms with van der Waals surface area (Å²) in [5, 5.41) is 8.43. The summed E-state index contributed by atoms with van der Waals surface area (Å²) in [6.07, 6.45) is 2.69. The largest absolute Gasteiger partial charge is 0.478 e. The monoisotopic (exact) mass is 194 g/mol. The molecule has 0 saturated heterocycles. The summed E-state index contributed by atoms with van der Waals surface area (Å²) in [6, 6.07) is 5.57. The number of hydrogen-bond acceptors (Lipinski definition) is 2. The van der Waals surface area contributed by atoms with Crippen LogP contribution >= 0.6 is 12.6 Å². The third-order valence-electron chi connectivity index (χ3n) is 1.75. The van der Waals surface area contributed by atoms with E-state index in [4.69, 9.17) is 5.11 Å². The molecule has 0 aliphatic heterocycles. The zero-order chi connectivity index (χ0) is 9.84. The number of carbonyl (C=O) groups is 1. The number of rotatable bonds is 2. The summed E-state index contributed by atoms with van der Waals surface area (Å²) < 4.78 is 0. The molecule has 2 nitrogen and oxygen atoms in total. The maximum atomic E-state index is 10.3. The van der Waals surface area contributed by atoms with Gasteiger partial charge in [0, 0.05) is 11.0 Å². The van der Waals surface area contributed by atoms with E-state index in [0.29, 0.717) is 0 Å². The van der Waals surface area contributed by atoms with Gasteiger partial charge in [-0.1, -0.05) is 12.1 Å². The second kappa shape index (κ2) is 4.14. The first-order valence-corrected chi connectivity index (χ1v) is 4.25. The maximum Gasteiger partial charge on any atom is 0.328 e. The first-order valence-electron chi connectivity index (χ1n) is 3.81. The zero-order valence-electron chi connectivity index (χ0n) is 7.19. The Hall–Kier alpha value is -1.22. The van der Waals surface area contributed by atoms with Crippen molar-refractivity contribution in [1.29, 1.82) is 0 Å². The molecule has 0 heterocycles. The van der Waals surface area contributed by atoms with Gasteiger partial charge in [-0.25, -0.2) is 4.79 Å². The molecule has 0 aromatic heterocycles. The molecule has 0 spiro atoms. The van der Waals surface area contributed by atoms with Crippen LogP contribution in [0.25, 0.3) is 6.08 Å². The molecule has 1 N–H and O–H groups in total. The van der Waals surface area contributed by atoms with Crippen molar-refractivity contribution in [1.82, 2.24) is 0 Å². The van der Waals surface area contributed by atoms with Crippen molar-refractivity contribution in [3.63, 3.8) is 0 Å². The number of carboxylic acid groups (broad SMARTS) is 1. The van der Waals surface area contributed by atoms with Crippen LogP contribution in [0.15, 0.2) is 29.2 Å². The molecule has 68 valence electrons. The van der Waals surface area contributed by atoms with Crippen LogP contribution in [0.4, 0.5) is 0 Å². The van der Waals surface area contributed by atoms with Gasteiger partial charge in [-0.05, 0) is 30.2 Å². The minimum atomic E-state index is -0.941. The van der Waals surface area contributed by atoms with E-state index in [2.05, 4.69) is 12.6 Å². The molecule has 0 fully saturated rings. The molecule has 0 unspecified atom stereocenters. The molecule has 0 radical (unpaired) electrons. The van der Waals surface area contributed by atoms with Gasteiger partial charge in [0.25, 0.3) is 0 Å². The lowest BCUT2D eigenvalue weighted by Gasteiger charge is -2.01. The lowest BCUT2D eigenvalue weighted by Crippen LogP contribution is -1.87. The molecular formula is C10H10O2S. The number of carboxylic acids is 1. The molecule has 3 heteroatoms. The number of thiol groups is 1. The van der Waals surface area contributed by atoms with Gasteiger partial charge >= 0.3 is 5.97 Å². The van der Waals surface area contributed by atoms with Crippen molar-refractivity contribution in [2.45, 2.75) is 11.8 Å². The Morgan fingerprint density at radius 3 is 2.85 bits per heavy atom. The summed E-state index contributed by atoms with van der Waals surface area (Å²) in [6.45, 7) is 1.91. The number of aliphatic carboxylic acids is 1. The topological polar surface area (TPSA) is 37.3 Å². The predicted octanol–water partition coefficient (Wildman–Crippen LogP) is 2.38. The Morgan fingerprint density at radius 2 is 2.23 bits per heavy atom. The van der Waals surface area contributed by atoms with Crippen LogP contribution in [0, 0.1) is 6.92 Å². The molecular weight excluding hydrogens is 184 g/mol. The van der Waals surface area contributed by atoms with Crippen LogP contribution in [0.5, 0.6) is 0 Å². The van der Waals surface area contributed by atoms with Crippen LogP contribution in [-0.4, -0.2) is 11.1 Å². The molecule has 1 aromatic rings. The molecule has 0 saturated carbocycles. The van der Waals surface area contributed by atoms with Crippen LogP contribution in [0.1, 0.15) is 11.1 Å². The van der Waals surface area contributed by atoms with E-state index < -0.39 is 5.97 Å². The first-order chi connectivity index (χ1) is 6.11. The van der Waals surface area contributed by atoms with Gasteiger partial charge < -0.3 is 5.11 Å². The Bertz CT molecular complexity index is 356. The minimum Gasteiger partial charge on any atom is -0.478 e. The normalized spacial score (nSPS) is 10.6. The van der Waals surface area contributed by atoms with Gasteiger partial charge in [-0.3, -0.25) is 0 Å². The van der Waals surface area contributed by atoms with Crippen molar-refractivity contribution >= 4 is 24.7 Å². The summed E-state index contributed by atoms with van der Waals surface area (Å²) in [5.74, 6) is -0.941. The minimum absolute atomic E-state index is 0.868. The molecule has 0 aliphatic carbocycles. The molecule has 0 atom stereocenters. The van der Waals surface area contributed by atoms with Gasteiger partial charge in [0.1, 0.15) is 0 Å². The van der Waals surface area contributed by atoms with E-state index in [1.54, 1.807) is 6.08 Å². The Labute approximate surface area is 82.3 Å². The smallest absolute Gasteiger partial charge is 0.328 e. The average molecular weight is 194 g/mol. The molecule has 1 rings (SSSR count). The van der Waals surface area contributed by atoms with Crippen LogP contribution in [-0.2, 0) is 4.79 Å². The second-order valence-corrected chi connectivity index (χ2v) is 3.14. The van der Waals surface area contributed by atoms with Gasteiger partial charge in [0.2, 0.25) is 0 Å². The lowest BCUT2D eigenvalue weighted by atomic mass is 10.1. The highest BCUT2D eigenvalue weighted by atomic mass is 32.1. The molecule has 0 amide bonds. The number of benzene rings is 1. The van der Waals surface area contributed by atoms with E-state index >= 15 is 0 Å². The Balaban J connectivity index is 3.02. The Kier molecular flexibility index (Phi) is 3.14. The first kappa shape index (κ1) is 9.86. The summed E-state index contributed by atoms with van der Waals surface area (Å²) in [7, 11) is 0. The van der Waals surface area contributed by atoms with Crippen LogP contribution in [0.2, 0.25) is 0 Å². The van der Waals surface area contributed by atoms with Crippen LogP contribution < -0.4 is 0 Å². The lowest BCUT2D eigenvalue weighted by molar-refractivity contribution is -0.131. The van der Waals surface area contributed by atoms with Crippen molar-refractivity contribution in [3.05, 3.63) is 35.4 Å². The molecule has 0 aliphatic rings. The summed E-state index contributed by atoms with van der Waals surface area (Å²) >= 11 is 4.23.